The number of hydrogen-bond donors (Lipinski definition) is 0. The van der Waals surface area contributed by atoms with Crippen molar-refractivity contribution in [3.05, 3.63) is 52.1 Å². The van der Waals surface area contributed by atoms with Crippen molar-refractivity contribution < 1.29 is 17.9 Å². The van der Waals surface area contributed by atoms with Crippen molar-refractivity contribution in [2.45, 2.75) is 18.8 Å². The molecule has 0 N–H and O–H groups in total. The van der Waals surface area contributed by atoms with Crippen LogP contribution in [0.4, 0.5) is 0 Å². The molecule has 1 heterocycles. The van der Waals surface area contributed by atoms with Crippen molar-refractivity contribution in [2.24, 2.45) is 0 Å². The predicted molar refractivity (Wildman–Crippen MR) is 106 cm³/mol. The lowest BCUT2D eigenvalue weighted by Gasteiger charge is -2.11. The first-order valence-corrected chi connectivity index (χ1v) is 11.3. The van der Waals surface area contributed by atoms with E-state index in [1.54, 1.807) is 18.2 Å². The van der Waals surface area contributed by atoms with E-state index in [0.717, 1.165) is 11.8 Å². The third-order valence-corrected chi connectivity index (χ3v) is 4.70. The average Bonchev–Trinajstić information content (AvgIpc) is 2.63. The van der Waals surface area contributed by atoms with Crippen LogP contribution in [0.3, 0.4) is 0 Å². The van der Waals surface area contributed by atoms with E-state index in [4.69, 9.17) is 32.7 Å². The Balaban J connectivity index is 1.93. The summed E-state index contributed by atoms with van der Waals surface area (Å²) < 4.78 is 33.7. The molecule has 0 unspecified atom stereocenters. The number of rotatable bonds is 10. The number of halogens is 2. The van der Waals surface area contributed by atoms with Gasteiger partial charge >= 0.3 is 0 Å². The number of ether oxygens (including phenoxy) is 2. The highest BCUT2D eigenvalue weighted by atomic mass is 35.5. The van der Waals surface area contributed by atoms with Gasteiger partial charge in [0.1, 0.15) is 24.3 Å². The third-order valence-electron chi connectivity index (χ3n) is 3.49. The maximum atomic E-state index is 11.3. The Bertz CT molecular complexity index is 962. The van der Waals surface area contributed by atoms with E-state index < -0.39 is 9.84 Å². The summed E-state index contributed by atoms with van der Waals surface area (Å²) in [5, 5.41) is 9.63. The molecule has 0 atom stereocenters. The Labute approximate surface area is 174 Å². The molecular formula is C18H19Cl2N3O4S. The third kappa shape index (κ3) is 7.24. The first-order chi connectivity index (χ1) is 13.3. The summed E-state index contributed by atoms with van der Waals surface area (Å²) in [5.41, 5.74) is 1.77. The molecule has 0 amide bonds. The van der Waals surface area contributed by atoms with Crippen LogP contribution in [0.1, 0.15) is 22.6 Å². The summed E-state index contributed by atoms with van der Waals surface area (Å²) in [4.78, 5) is 8.13. The van der Waals surface area contributed by atoms with Gasteiger partial charge in [0.25, 0.3) is 0 Å². The molecule has 0 saturated carbocycles. The average molecular weight is 444 g/mol. The predicted octanol–water partition coefficient (Wildman–Crippen LogP) is 2.92. The molecule has 0 saturated heterocycles. The molecule has 10 heteroatoms. The molecule has 2 aromatic rings. The van der Waals surface area contributed by atoms with Crippen LogP contribution >= 0.6 is 23.2 Å². The summed E-state index contributed by atoms with van der Waals surface area (Å²) in [5.74, 6) is 0.649. The van der Waals surface area contributed by atoms with Crippen molar-refractivity contribution in [3.8, 4) is 11.8 Å². The highest BCUT2D eigenvalue weighted by Crippen LogP contribution is 2.30. The van der Waals surface area contributed by atoms with Crippen molar-refractivity contribution >= 4 is 33.0 Å². The van der Waals surface area contributed by atoms with Crippen molar-refractivity contribution in [2.75, 3.05) is 25.3 Å². The van der Waals surface area contributed by atoms with E-state index >= 15 is 0 Å². The van der Waals surface area contributed by atoms with E-state index in [1.807, 2.05) is 0 Å². The SMILES string of the molecule is CS(=O)(=O)Cc1nccc(COCCc2cc(Cl)c(OCCCl)c(C#N)c2)n1. The molecule has 2 rings (SSSR count). The second kappa shape index (κ2) is 10.6. The zero-order valence-electron chi connectivity index (χ0n) is 15.2. The highest BCUT2D eigenvalue weighted by molar-refractivity contribution is 7.89. The number of benzene rings is 1. The minimum atomic E-state index is -3.20. The van der Waals surface area contributed by atoms with E-state index in [1.165, 1.54) is 6.20 Å². The smallest absolute Gasteiger partial charge is 0.155 e. The van der Waals surface area contributed by atoms with Gasteiger partial charge in [0.15, 0.2) is 15.6 Å². The molecule has 150 valence electrons. The van der Waals surface area contributed by atoms with Crippen molar-refractivity contribution in [3.63, 3.8) is 0 Å². The van der Waals surface area contributed by atoms with Gasteiger partial charge in [-0.15, -0.1) is 11.6 Å². The van der Waals surface area contributed by atoms with Crippen LogP contribution < -0.4 is 4.74 Å². The first kappa shape index (κ1) is 22.4. The molecular weight excluding hydrogens is 425 g/mol. The molecule has 7 nitrogen and oxygen atoms in total. The maximum absolute atomic E-state index is 11.3. The number of sulfone groups is 1. The molecule has 0 radical (unpaired) electrons. The number of hydrogen-bond acceptors (Lipinski definition) is 7. The highest BCUT2D eigenvalue weighted by Gasteiger charge is 2.12. The van der Waals surface area contributed by atoms with Gasteiger partial charge in [0.05, 0.1) is 35.4 Å². The maximum Gasteiger partial charge on any atom is 0.155 e. The van der Waals surface area contributed by atoms with Crippen LogP contribution in [-0.2, 0) is 33.4 Å². The van der Waals surface area contributed by atoms with Gasteiger partial charge in [-0.05, 0) is 30.2 Å². The van der Waals surface area contributed by atoms with E-state index in [2.05, 4.69) is 16.0 Å². The summed E-state index contributed by atoms with van der Waals surface area (Å²) >= 11 is 11.8. The molecule has 0 bridgehead atoms. The fraction of sp³-hybridized carbons (Fsp3) is 0.389. The van der Waals surface area contributed by atoms with Gasteiger partial charge in [0, 0.05) is 12.5 Å². The molecule has 1 aromatic carbocycles. The van der Waals surface area contributed by atoms with Crippen molar-refractivity contribution in [1.29, 1.82) is 5.26 Å². The lowest BCUT2D eigenvalue weighted by atomic mass is 10.1. The normalized spacial score (nSPS) is 11.2. The van der Waals surface area contributed by atoms with E-state index in [9.17, 15) is 13.7 Å². The zero-order chi connectivity index (χ0) is 20.6. The molecule has 0 spiro atoms. The monoisotopic (exact) mass is 443 g/mol. The number of aromatic nitrogens is 2. The number of nitrogens with zero attached hydrogens (tertiary/aromatic N) is 3. The second-order valence-corrected chi connectivity index (χ2v) is 8.87. The fourth-order valence-electron chi connectivity index (χ4n) is 2.36. The van der Waals surface area contributed by atoms with Crippen LogP contribution in [0.5, 0.6) is 5.75 Å². The van der Waals surface area contributed by atoms with Gasteiger partial charge in [0.2, 0.25) is 0 Å². The molecule has 0 aliphatic carbocycles. The Hall–Kier alpha value is -1.92. The Morgan fingerprint density at radius 3 is 2.75 bits per heavy atom. The zero-order valence-corrected chi connectivity index (χ0v) is 17.5. The minimum Gasteiger partial charge on any atom is -0.489 e. The minimum absolute atomic E-state index is 0.214. The molecule has 0 aliphatic rings. The summed E-state index contributed by atoms with van der Waals surface area (Å²) in [7, 11) is -3.20. The van der Waals surface area contributed by atoms with Gasteiger partial charge < -0.3 is 9.47 Å². The van der Waals surface area contributed by atoms with Crippen LogP contribution in [-0.4, -0.2) is 43.7 Å². The van der Waals surface area contributed by atoms with E-state index in [-0.39, 0.29) is 24.8 Å². The van der Waals surface area contributed by atoms with Crippen LogP contribution in [0.2, 0.25) is 5.02 Å². The van der Waals surface area contributed by atoms with Gasteiger partial charge in [-0.1, -0.05) is 11.6 Å². The van der Waals surface area contributed by atoms with Gasteiger partial charge in [-0.25, -0.2) is 18.4 Å². The quantitative estimate of drug-likeness (QED) is 0.410. The topological polar surface area (TPSA) is 102 Å². The molecule has 0 fully saturated rings. The number of nitriles is 1. The number of alkyl halides is 1. The lowest BCUT2D eigenvalue weighted by Crippen LogP contribution is -2.08. The van der Waals surface area contributed by atoms with E-state index in [0.29, 0.717) is 40.9 Å². The molecule has 28 heavy (non-hydrogen) atoms. The Morgan fingerprint density at radius 1 is 1.29 bits per heavy atom. The second-order valence-electron chi connectivity index (χ2n) is 5.94. The summed E-state index contributed by atoms with van der Waals surface area (Å²) in [6.07, 6.45) is 3.17. The van der Waals surface area contributed by atoms with Crippen molar-refractivity contribution in [1.82, 2.24) is 9.97 Å². The first-order valence-electron chi connectivity index (χ1n) is 8.30. The summed E-state index contributed by atoms with van der Waals surface area (Å²) in [6.45, 7) is 0.849. The Morgan fingerprint density at radius 2 is 2.07 bits per heavy atom. The largest absolute Gasteiger partial charge is 0.489 e. The van der Waals surface area contributed by atoms with Crippen LogP contribution in [0.25, 0.3) is 0 Å². The molecule has 0 aliphatic heterocycles. The van der Waals surface area contributed by atoms with Crippen LogP contribution in [0.15, 0.2) is 24.4 Å². The lowest BCUT2D eigenvalue weighted by molar-refractivity contribution is 0.121. The Kier molecular flexibility index (Phi) is 8.45. The fourth-order valence-corrected chi connectivity index (χ4v) is 3.34. The van der Waals surface area contributed by atoms with Gasteiger partial charge in [-0.2, -0.15) is 5.26 Å². The summed E-state index contributed by atoms with van der Waals surface area (Å²) in [6, 6.07) is 7.16. The van der Waals surface area contributed by atoms with Gasteiger partial charge in [-0.3, -0.25) is 0 Å². The molecule has 1 aromatic heterocycles. The standard InChI is InChI=1S/C18H19Cl2N3O4S/c1-28(24,25)12-17-22-5-2-15(23-17)11-26-6-3-13-8-14(10-21)18(16(20)9-13)27-7-4-19/h2,5,8-9H,3-4,6-7,11-12H2,1H3. The van der Waals surface area contributed by atoms with Crippen LogP contribution in [0, 0.1) is 11.3 Å².